The summed E-state index contributed by atoms with van der Waals surface area (Å²) in [5, 5.41) is 1.15. The monoisotopic (exact) mass is 280 g/mol. The predicted molar refractivity (Wildman–Crippen MR) is 68.5 cm³/mol. The number of hydrogen-bond acceptors (Lipinski definition) is 2. The molecule has 84 valence electrons. The highest BCUT2D eigenvalue weighted by atomic mass is 79.9. The Kier molecular flexibility index (Phi) is 7.35. The minimum Gasteiger partial charge on any atom is -0.377 e. The fourth-order valence-corrected chi connectivity index (χ4v) is 3.89. The third kappa shape index (κ3) is 5.04. The molecule has 0 aliphatic carbocycles. The highest BCUT2D eigenvalue weighted by molar-refractivity contribution is 9.09. The van der Waals surface area contributed by atoms with Crippen molar-refractivity contribution in [2.24, 2.45) is 5.92 Å². The summed E-state index contributed by atoms with van der Waals surface area (Å²) in [6.45, 7) is 3.25. The number of ether oxygens (including phenoxy) is 1. The molecule has 0 N–H and O–H groups in total. The Bertz CT molecular complexity index is 137. The van der Waals surface area contributed by atoms with Gasteiger partial charge in [-0.25, -0.2) is 0 Å². The summed E-state index contributed by atoms with van der Waals surface area (Å²) in [6, 6.07) is 0. The van der Waals surface area contributed by atoms with Crippen molar-refractivity contribution in [3.05, 3.63) is 0 Å². The molecule has 1 fully saturated rings. The Hall–Kier alpha value is 0.790. The van der Waals surface area contributed by atoms with E-state index in [0.29, 0.717) is 6.10 Å². The fourth-order valence-electron chi connectivity index (χ4n) is 1.76. The van der Waals surface area contributed by atoms with E-state index in [-0.39, 0.29) is 0 Å². The molecule has 1 saturated heterocycles. The van der Waals surface area contributed by atoms with Crippen molar-refractivity contribution in [3.63, 3.8) is 0 Å². The number of hydrogen-bond donors (Lipinski definition) is 0. The largest absolute Gasteiger partial charge is 0.377 e. The lowest BCUT2D eigenvalue weighted by Gasteiger charge is -2.14. The van der Waals surface area contributed by atoms with Crippen molar-refractivity contribution in [2.75, 3.05) is 23.4 Å². The second-order valence-corrected chi connectivity index (χ2v) is 5.70. The van der Waals surface area contributed by atoms with Crippen LogP contribution in [0.1, 0.15) is 32.6 Å². The van der Waals surface area contributed by atoms with E-state index in [0.717, 1.165) is 17.9 Å². The Morgan fingerprint density at radius 2 is 2.43 bits per heavy atom. The zero-order valence-corrected chi connectivity index (χ0v) is 11.4. The van der Waals surface area contributed by atoms with Crippen LogP contribution in [0.3, 0.4) is 0 Å². The van der Waals surface area contributed by atoms with Gasteiger partial charge in [0, 0.05) is 17.7 Å². The van der Waals surface area contributed by atoms with E-state index < -0.39 is 0 Å². The number of halogens is 1. The van der Waals surface area contributed by atoms with Crippen LogP contribution in [-0.4, -0.2) is 29.5 Å². The van der Waals surface area contributed by atoms with Gasteiger partial charge >= 0.3 is 0 Å². The molecule has 0 aromatic carbocycles. The summed E-state index contributed by atoms with van der Waals surface area (Å²) in [5.74, 6) is 3.35. The van der Waals surface area contributed by atoms with E-state index >= 15 is 0 Å². The maximum absolute atomic E-state index is 5.60. The SMILES string of the molecule is CCCC(CBr)CSCC1CCCO1. The average molecular weight is 281 g/mol. The third-order valence-corrected chi connectivity index (χ3v) is 4.83. The Labute approximate surface area is 100 Å². The first-order chi connectivity index (χ1) is 6.86. The summed E-state index contributed by atoms with van der Waals surface area (Å²) in [4.78, 5) is 0. The van der Waals surface area contributed by atoms with E-state index in [1.54, 1.807) is 0 Å². The van der Waals surface area contributed by atoms with Gasteiger partial charge in [-0.15, -0.1) is 0 Å². The van der Waals surface area contributed by atoms with Gasteiger partial charge in [-0.2, -0.15) is 11.8 Å². The first-order valence-corrected chi connectivity index (χ1v) is 7.89. The molecule has 0 aromatic rings. The average Bonchev–Trinajstić information content (AvgIpc) is 2.69. The second kappa shape index (κ2) is 8.00. The van der Waals surface area contributed by atoms with Crippen molar-refractivity contribution in [1.29, 1.82) is 0 Å². The first-order valence-electron chi connectivity index (χ1n) is 5.62. The summed E-state index contributed by atoms with van der Waals surface area (Å²) < 4.78 is 5.60. The molecule has 1 nitrogen and oxygen atoms in total. The molecule has 1 aliphatic heterocycles. The van der Waals surface area contributed by atoms with Gasteiger partial charge < -0.3 is 4.74 Å². The summed E-state index contributed by atoms with van der Waals surface area (Å²) >= 11 is 5.65. The topological polar surface area (TPSA) is 9.23 Å². The smallest absolute Gasteiger partial charge is 0.0666 e. The van der Waals surface area contributed by atoms with Crippen LogP contribution in [0.25, 0.3) is 0 Å². The molecule has 1 rings (SSSR count). The van der Waals surface area contributed by atoms with Gasteiger partial charge in [-0.05, 0) is 30.9 Å². The predicted octanol–water partition coefficient (Wildman–Crippen LogP) is 3.71. The standard InChI is InChI=1S/C11H21BrOS/c1-2-4-10(7-12)8-14-9-11-5-3-6-13-11/h10-11H,2-9H2,1H3. The van der Waals surface area contributed by atoms with E-state index in [9.17, 15) is 0 Å². The lowest BCUT2D eigenvalue weighted by molar-refractivity contribution is 0.129. The highest BCUT2D eigenvalue weighted by Gasteiger charge is 2.16. The molecule has 0 amide bonds. The van der Waals surface area contributed by atoms with Gasteiger partial charge in [0.15, 0.2) is 0 Å². The van der Waals surface area contributed by atoms with Gasteiger partial charge in [0.05, 0.1) is 6.10 Å². The summed E-state index contributed by atoms with van der Waals surface area (Å²) in [6.07, 6.45) is 5.75. The summed E-state index contributed by atoms with van der Waals surface area (Å²) in [7, 11) is 0. The maximum Gasteiger partial charge on any atom is 0.0666 e. The minimum absolute atomic E-state index is 0.553. The number of rotatable bonds is 7. The molecular weight excluding hydrogens is 260 g/mol. The lowest BCUT2D eigenvalue weighted by Crippen LogP contribution is -2.11. The van der Waals surface area contributed by atoms with Crippen LogP contribution in [0, 0.1) is 5.92 Å². The normalized spacial score (nSPS) is 24.0. The number of alkyl halides is 1. The second-order valence-electron chi connectivity index (χ2n) is 3.98. The van der Waals surface area contributed by atoms with Gasteiger partial charge in [-0.3, -0.25) is 0 Å². The Morgan fingerprint density at radius 3 is 3.00 bits per heavy atom. The molecule has 0 aromatic heterocycles. The van der Waals surface area contributed by atoms with E-state index in [4.69, 9.17) is 4.74 Å². The van der Waals surface area contributed by atoms with Crippen LogP contribution in [0.5, 0.6) is 0 Å². The summed E-state index contributed by atoms with van der Waals surface area (Å²) in [5.41, 5.74) is 0. The van der Waals surface area contributed by atoms with E-state index in [2.05, 4.69) is 34.6 Å². The molecule has 0 bridgehead atoms. The maximum atomic E-state index is 5.60. The van der Waals surface area contributed by atoms with Crippen molar-refractivity contribution >= 4 is 27.7 Å². The van der Waals surface area contributed by atoms with Crippen LogP contribution in [0.2, 0.25) is 0 Å². The Balaban J connectivity index is 2.00. The Morgan fingerprint density at radius 1 is 1.57 bits per heavy atom. The van der Waals surface area contributed by atoms with Gasteiger partial charge in [0.25, 0.3) is 0 Å². The molecule has 14 heavy (non-hydrogen) atoms. The number of thioether (sulfide) groups is 1. The molecular formula is C11H21BrOS. The molecule has 0 radical (unpaired) electrons. The zero-order chi connectivity index (χ0) is 10.2. The van der Waals surface area contributed by atoms with Gasteiger partial charge in [0.1, 0.15) is 0 Å². The quantitative estimate of drug-likeness (QED) is 0.658. The molecule has 1 aliphatic rings. The highest BCUT2D eigenvalue weighted by Crippen LogP contribution is 2.21. The molecule has 2 atom stereocenters. The first kappa shape index (κ1) is 12.9. The van der Waals surface area contributed by atoms with Crippen molar-refractivity contribution in [2.45, 2.75) is 38.7 Å². The van der Waals surface area contributed by atoms with Crippen molar-refractivity contribution in [1.82, 2.24) is 0 Å². The van der Waals surface area contributed by atoms with Crippen LogP contribution in [0.15, 0.2) is 0 Å². The molecule has 3 heteroatoms. The minimum atomic E-state index is 0.553. The molecule has 0 spiro atoms. The zero-order valence-electron chi connectivity index (χ0n) is 9.01. The van der Waals surface area contributed by atoms with Crippen LogP contribution in [-0.2, 0) is 4.74 Å². The van der Waals surface area contributed by atoms with Crippen LogP contribution < -0.4 is 0 Å². The van der Waals surface area contributed by atoms with Crippen LogP contribution >= 0.6 is 27.7 Å². The van der Waals surface area contributed by atoms with Gasteiger partial charge in [-0.1, -0.05) is 29.3 Å². The third-order valence-electron chi connectivity index (χ3n) is 2.60. The molecule has 1 heterocycles. The fraction of sp³-hybridized carbons (Fsp3) is 1.00. The molecule has 2 unspecified atom stereocenters. The van der Waals surface area contributed by atoms with Crippen LogP contribution in [0.4, 0.5) is 0 Å². The van der Waals surface area contributed by atoms with E-state index in [1.165, 1.54) is 37.2 Å². The molecule has 0 saturated carbocycles. The lowest BCUT2D eigenvalue weighted by atomic mass is 10.1. The van der Waals surface area contributed by atoms with Gasteiger partial charge in [0.2, 0.25) is 0 Å². The van der Waals surface area contributed by atoms with Crippen molar-refractivity contribution in [3.8, 4) is 0 Å². The van der Waals surface area contributed by atoms with E-state index in [1.807, 2.05) is 0 Å². The van der Waals surface area contributed by atoms with Crippen molar-refractivity contribution < 1.29 is 4.74 Å².